The molecule has 0 saturated heterocycles. The van der Waals surface area contributed by atoms with Crippen molar-refractivity contribution >= 4 is 12.1 Å². The molecule has 7 heteroatoms. The molecule has 4 aliphatic rings. The highest BCUT2D eigenvalue weighted by molar-refractivity contribution is 5.95. The van der Waals surface area contributed by atoms with Gasteiger partial charge in [-0.3, -0.25) is 4.79 Å². The van der Waals surface area contributed by atoms with Crippen molar-refractivity contribution in [3.05, 3.63) is 23.3 Å². The van der Waals surface area contributed by atoms with E-state index in [0.29, 0.717) is 32.2 Å². The average Bonchev–Trinajstić information content (AvgIpc) is 3.15. The molecule has 11 atom stereocenters. The largest absolute Gasteiger partial charge is 0.393 e. The van der Waals surface area contributed by atoms with Gasteiger partial charge in [0.2, 0.25) is 0 Å². The molecular weight excluding hydrogens is 494 g/mol. The quantitative estimate of drug-likeness (QED) is 0.222. The molecule has 4 aliphatic carbocycles. The molecule has 0 bridgehead atoms. The van der Waals surface area contributed by atoms with Crippen molar-refractivity contribution in [3.8, 4) is 0 Å². The highest BCUT2D eigenvalue weighted by atomic mass is 16.3. The Balaban J connectivity index is 1.64. The normalized spacial score (nSPS) is 43.8. The second kappa shape index (κ2) is 11.1. The summed E-state index contributed by atoms with van der Waals surface area (Å²) in [4.78, 5) is 24.7. The second-order valence-electron chi connectivity index (χ2n) is 14.0. The van der Waals surface area contributed by atoms with Gasteiger partial charge in [0.05, 0.1) is 23.9 Å². The first-order valence-electron chi connectivity index (χ1n) is 15.1. The van der Waals surface area contributed by atoms with Crippen LogP contribution in [0.3, 0.4) is 0 Å². The summed E-state index contributed by atoms with van der Waals surface area (Å²) in [5.41, 5.74) is -0.286. The number of aliphatic hydroxyl groups is 4. The third-order valence-corrected chi connectivity index (χ3v) is 11.8. The maximum Gasteiger partial charge on any atom is 0.159 e. The SMILES string of the molecule is CNCC1C(O)C(O)CC2(C)C3CCC4(C)C(C(C)C(O)CC(=CCC=O)C(C)C)CCC4(O)C3=CC(=O)C12. The summed E-state index contributed by atoms with van der Waals surface area (Å²) in [6.45, 7) is 10.9. The van der Waals surface area contributed by atoms with E-state index in [1.54, 1.807) is 13.1 Å². The Morgan fingerprint density at radius 2 is 1.87 bits per heavy atom. The van der Waals surface area contributed by atoms with Gasteiger partial charge < -0.3 is 30.5 Å². The van der Waals surface area contributed by atoms with Gasteiger partial charge in [0.1, 0.15) is 6.29 Å². The minimum absolute atomic E-state index is 0.0439. The Labute approximate surface area is 234 Å². The van der Waals surface area contributed by atoms with Gasteiger partial charge in [-0.05, 0) is 86.3 Å². The van der Waals surface area contributed by atoms with E-state index in [2.05, 4.69) is 39.9 Å². The van der Waals surface area contributed by atoms with E-state index in [-0.39, 0.29) is 35.4 Å². The number of aldehydes is 1. The Hall–Kier alpha value is -1.38. The maximum atomic E-state index is 13.8. The van der Waals surface area contributed by atoms with Crippen LogP contribution in [0, 0.1) is 46.3 Å². The Bertz CT molecular complexity index is 1010. The summed E-state index contributed by atoms with van der Waals surface area (Å²) in [6, 6.07) is 0. The number of carbonyl (C=O) groups excluding carboxylic acids is 2. The standard InChI is InChI=1S/C32H51NO6/c1-18(2)20(8-7-13-34)14-25(35)19(3)22-10-12-32(39)24-15-26(36)28-21(17-33-6)29(38)27(37)16-30(28,4)23(24)9-11-31(22,32)5/h8,13,15,18-19,21-23,25,27-29,33,35,37-39H,7,9-12,14,16-17H2,1-6H3. The van der Waals surface area contributed by atoms with Crippen molar-refractivity contribution in [3.63, 3.8) is 0 Å². The van der Waals surface area contributed by atoms with Gasteiger partial charge in [-0.1, -0.05) is 46.3 Å². The predicted octanol–water partition coefficient (Wildman–Crippen LogP) is 3.20. The van der Waals surface area contributed by atoms with Crippen molar-refractivity contribution in [2.45, 2.75) is 103 Å². The summed E-state index contributed by atoms with van der Waals surface area (Å²) >= 11 is 0. The molecule has 5 N–H and O–H groups in total. The monoisotopic (exact) mass is 545 g/mol. The van der Waals surface area contributed by atoms with Gasteiger partial charge in [-0.15, -0.1) is 0 Å². The zero-order valence-electron chi connectivity index (χ0n) is 24.7. The molecular formula is C32H51NO6. The number of hydrogen-bond donors (Lipinski definition) is 5. The minimum Gasteiger partial charge on any atom is -0.393 e. The smallest absolute Gasteiger partial charge is 0.159 e. The Morgan fingerprint density at radius 3 is 2.49 bits per heavy atom. The van der Waals surface area contributed by atoms with E-state index in [1.165, 1.54) is 0 Å². The number of rotatable bonds is 9. The molecule has 11 unspecified atom stereocenters. The van der Waals surface area contributed by atoms with E-state index in [4.69, 9.17) is 0 Å². The zero-order chi connectivity index (χ0) is 28.9. The number of hydrogen-bond acceptors (Lipinski definition) is 7. The van der Waals surface area contributed by atoms with E-state index < -0.39 is 40.7 Å². The summed E-state index contributed by atoms with van der Waals surface area (Å²) in [7, 11) is 1.80. The van der Waals surface area contributed by atoms with Crippen molar-refractivity contribution < 1.29 is 30.0 Å². The first-order chi connectivity index (χ1) is 18.3. The summed E-state index contributed by atoms with van der Waals surface area (Å²) < 4.78 is 0. The predicted molar refractivity (Wildman–Crippen MR) is 151 cm³/mol. The third kappa shape index (κ3) is 4.80. The number of carbonyl (C=O) groups is 2. The fourth-order valence-electron chi connectivity index (χ4n) is 9.51. The lowest BCUT2D eigenvalue weighted by Gasteiger charge is -2.61. The molecule has 3 fully saturated rings. The lowest BCUT2D eigenvalue weighted by atomic mass is 9.44. The van der Waals surface area contributed by atoms with Crippen LogP contribution < -0.4 is 5.32 Å². The molecule has 0 heterocycles. The second-order valence-corrected chi connectivity index (χ2v) is 14.0. The fraction of sp³-hybridized carbons (Fsp3) is 0.812. The van der Waals surface area contributed by atoms with Crippen LogP contribution in [-0.2, 0) is 9.59 Å². The van der Waals surface area contributed by atoms with Gasteiger partial charge in [-0.25, -0.2) is 0 Å². The van der Waals surface area contributed by atoms with E-state index in [1.807, 2.05) is 6.08 Å². The molecule has 0 aromatic rings. The van der Waals surface area contributed by atoms with Crippen LogP contribution in [0.15, 0.2) is 23.3 Å². The lowest BCUT2D eigenvalue weighted by Crippen LogP contribution is -2.64. The highest BCUT2D eigenvalue weighted by Crippen LogP contribution is 2.68. The van der Waals surface area contributed by atoms with Crippen LogP contribution in [0.25, 0.3) is 0 Å². The molecule has 7 nitrogen and oxygen atoms in total. The average molecular weight is 546 g/mol. The number of allylic oxidation sites excluding steroid dienone is 2. The van der Waals surface area contributed by atoms with Crippen molar-refractivity contribution in [1.82, 2.24) is 5.32 Å². The van der Waals surface area contributed by atoms with Crippen LogP contribution in [0.1, 0.15) is 79.6 Å². The molecule has 0 radical (unpaired) electrons. The first-order valence-corrected chi connectivity index (χ1v) is 15.1. The minimum atomic E-state index is -1.15. The lowest BCUT2D eigenvalue weighted by molar-refractivity contribution is -0.169. The molecule has 39 heavy (non-hydrogen) atoms. The topological polar surface area (TPSA) is 127 Å². The first kappa shape index (κ1) is 30.6. The third-order valence-electron chi connectivity index (χ3n) is 11.8. The molecule has 0 aromatic carbocycles. The van der Waals surface area contributed by atoms with Crippen LogP contribution in [0.4, 0.5) is 0 Å². The Morgan fingerprint density at radius 1 is 1.18 bits per heavy atom. The van der Waals surface area contributed by atoms with Crippen molar-refractivity contribution in [1.29, 1.82) is 0 Å². The van der Waals surface area contributed by atoms with Crippen LogP contribution in [0.5, 0.6) is 0 Å². The molecule has 3 saturated carbocycles. The van der Waals surface area contributed by atoms with E-state index >= 15 is 0 Å². The molecule has 0 aliphatic heterocycles. The van der Waals surface area contributed by atoms with Crippen LogP contribution in [-0.4, -0.2) is 70.0 Å². The molecule has 220 valence electrons. The van der Waals surface area contributed by atoms with Crippen molar-refractivity contribution in [2.75, 3.05) is 13.6 Å². The number of aliphatic hydroxyl groups excluding tert-OH is 3. The number of ketones is 1. The van der Waals surface area contributed by atoms with Gasteiger partial charge >= 0.3 is 0 Å². The zero-order valence-corrected chi connectivity index (χ0v) is 24.7. The molecule has 0 amide bonds. The summed E-state index contributed by atoms with van der Waals surface area (Å²) in [5, 5.41) is 48.6. The van der Waals surface area contributed by atoms with Gasteiger partial charge in [0.15, 0.2) is 5.78 Å². The van der Waals surface area contributed by atoms with E-state index in [0.717, 1.165) is 36.7 Å². The van der Waals surface area contributed by atoms with Crippen molar-refractivity contribution in [2.24, 2.45) is 46.3 Å². The van der Waals surface area contributed by atoms with Gasteiger partial charge in [0.25, 0.3) is 0 Å². The maximum absolute atomic E-state index is 13.8. The Kier molecular flexibility index (Phi) is 8.72. The number of nitrogens with one attached hydrogen (secondary N) is 1. The van der Waals surface area contributed by atoms with E-state index in [9.17, 15) is 30.0 Å². The molecule has 0 aromatic heterocycles. The van der Waals surface area contributed by atoms with Gasteiger partial charge in [0, 0.05) is 30.2 Å². The summed E-state index contributed by atoms with van der Waals surface area (Å²) in [6.07, 6.45) is 6.13. The molecule has 4 rings (SSSR count). The summed E-state index contributed by atoms with van der Waals surface area (Å²) in [5.74, 6) is -0.629. The fourth-order valence-corrected chi connectivity index (χ4v) is 9.51. The molecule has 0 spiro atoms. The number of fused-ring (bicyclic) bond motifs is 5. The van der Waals surface area contributed by atoms with Crippen LogP contribution >= 0.6 is 0 Å². The highest BCUT2D eigenvalue weighted by Gasteiger charge is 2.68. The van der Waals surface area contributed by atoms with Crippen LogP contribution in [0.2, 0.25) is 0 Å². The van der Waals surface area contributed by atoms with Gasteiger partial charge in [-0.2, -0.15) is 0 Å².